The van der Waals surface area contributed by atoms with Crippen LogP contribution < -0.4 is 0 Å². The Morgan fingerprint density at radius 2 is 1.85 bits per heavy atom. The van der Waals surface area contributed by atoms with E-state index in [2.05, 4.69) is 4.74 Å². The number of methoxy groups -OCH3 is 1. The summed E-state index contributed by atoms with van der Waals surface area (Å²) >= 11 is 1.34. The van der Waals surface area contributed by atoms with E-state index in [0.29, 0.717) is 10.4 Å². The molecule has 0 fully saturated rings. The van der Waals surface area contributed by atoms with Gasteiger partial charge in [0.25, 0.3) is 0 Å². The maximum absolute atomic E-state index is 12.4. The van der Waals surface area contributed by atoms with Crippen LogP contribution in [0.3, 0.4) is 0 Å². The quantitative estimate of drug-likeness (QED) is 0.640. The molecule has 2 aromatic rings. The fraction of sp³-hybridized carbons (Fsp3) is 0.250. The maximum Gasteiger partial charge on any atom is 0.310 e. The average molecular weight is 288 g/mol. The standard InChI is InChI=1S/C16H16O3S/c1-10-4-5-12(8-11(10)2)16(18)14-7-6-13(20-14)9-15(17)19-3/h4-8H,9H2,1-3H3. The van der Waals surface area contributed by atoms with Crippen molar-refractivity contribution in [1.82, 2.24) is 0 Å². The molecule has 1 heterocycles. The molecule has 4 heteroatoms. The minimum Gasteiger partial charge on any atom is -0.469 e. The molecule has 0 aliphatic heterocycles. The highest BCUT2D eigenvalue weighted by molar-refractivity contribution is 7.14. The van der Waals surface area contributed by atoms with E-state index in [1.807, 2.05) is 32.0 Å². The van der Waals surface area contributed by atoms with Gasteiger partial charge in [0, 0.05) is 10.4 Å². The van der Waals surface area contributed by atoms with Gasteiger partial charge < -0.3 is 4.74 Å². The van der Waals surface area contributed by atoms with E-state index in [-0.39, 0.29) is 18.2 Å². The van der Waals surface area contributed by atoms with Gasteiger partial charge in [-0.15, -0.1) is 11.3 Å². The minimum absolute atomic E-state index is 0.00536. The summed E-state index contributed by atoms with van der Waals surface area (Å²) in [7, 11) is 1.36. The zero-order chi connectivity index (χ0) is 14.7. The van der Waals surface area contributed by atoms with Crippen molar-refractivity contribution in [2.24, 2.45) is 0 Å². The summed E-state index contributed by atoms with van der Waals surface area (Å²) in [6, 6.07) is 9.25. The molecule has 20 heavy (non-hydrogen) atoms. The zero-order valence-corrected chi connectivity index (χ0v) is 12.5. The molecule has 0 unspecified atom stereocenters. The Morgan fingerprint density at radius 1 is 1.10 bits per heavy atom. The molecular formula is C16H16O3S. The highest BCUT2D eigenvalue weighted by Crippen LogP contribution is 2.22. The van der Waals surface area contributed by atoms with Crippen molar-refractivity contribution in [2.75, 3.05) is 7.11 Å². The van der Waals surface area contributed by atoms with Gasteiger partial charge in [-0.2, -0.15) is 0 Å². The molecule has 0 saturated heterocycles. The number of esters is 1. The van der Waals surface area contributed by atoms with E-state index in [1.54, 1.807) is 12.1 Å². The van der Waals surface area contributed by atoms with Crippen LogP contribution in [0.1, 0.15) is 31.2 Å². The Bertz CT molecular complexity index is 655. The lowest BCUT2D eigenvalue weighted by atomic mass is 10.0. The number of hydrogen-bond acceptors (Lipinski definition) is 4. The second-order valence-corrected chi connectivity index (χ2v) is 5.82. The Labute approximate surface area is 122 Å². The highest BCUT2D eigenvalue weighted by Gasteiger charge is 2.14. The third-order valence-corrected chi connectivity index (χ3v) is 4.28. The fourth-order valence-corrected chi connectivity index (χ4v) is 2.79. The van der Waals surface area contributed by atoms with Crippen molar-refractivity contribution < 1.29 is 14.3 Å². The van der Waals surface area contributed by atoms with E-state index in [0.717, 1.165) is 10.4 Å². The van der Waals surface area contributed by atoms with Gasteiger partial charge in [0.2, 0.25) is 5.78 Å². The number of benzene rings is 1. The molecule has 0 N–H and O–H groups in total. The molecular weight excluding hydrogens is 272 g/mol. The number of aryl methyl sites for hydroxylation is 2. The van der Waals surface area contributed by atoms with Crippen LogP contribution in [0, 0.1) is 13.8 Å². The van der Waals surface area contributed by atoms with Crippen LogP contribution >= 0.6 is 11.3 Å². The summed E-state index contributed by atoms with van der Waals surface area (Å²) in [6.45, 7) is 4.01. The smallest absolute Gasteiger partial charge is 0.310 e. The van der Waals surface area contributed by atoms with Gasteiger partial charge in [-0.1, -0.05) is 12.1 Å². The second kappa shape index (κ2) is 6.01. The molecule has 104 valence electrons. The summed E-state index contributed by atoms with van der Waals surface area (Å²) in [4.78, 5) is 25.1. The van der Waals surface area contributed by atoms with Gasteiger partial charge in [0.05, 0.1) is 18.4 Å². The van der Waals surface area contributed by atoms with E-state index in [4.69, 9.17) is 0 Å². The normalized spacial score (nSPS) is 10.3. The number of ether oxygens (including phenoxy) is 1. The fourth-order valence-electron chi connectivity index (χ4n) is 1.83. The number of carbonyl (C=O) groups is 2. The Balaban J connectivity index is 2.21. The molecule has 3 nitrogen and oxygen atoms in total. The summed E-state index contributed by atoms with van der Waals surface area (Å²) < 4.78 is 4.62. The molecule has 1 aromatic carbocycles. The molecule has 0 radical (unpaired) electrons. The Hall–Kier alpha value is -1.94. The first-order valence-corrected chi connectivity index (χ1v) is 7.10. The molecule has 0 aliphatic carbocycles. The van der Waals surface area contributed by atoms with Gasteiger partial charge >= 0.3 is 5.97 Å². The van der Waals surface area contributed by atoms with Crippen molar-refractivity contribution in [3.8, 4) is 0 Å². The van der Waals surface area contributed by atoms with Crippen molar-refractivity contribution in [3.05, 3.63) is 56.8 Å². The van der Waals surface area contributed by atoms with E-state index in [9.17, 15) is 9.59 Å². The van der Waals surface area contributed by atoms with E-state index >= 15 is 0 Å². The van der Waals surface area contributed by atoms with Gasteiger partial charge in [-0.25, -0.2) is 0 Å². The number of carbonyl (C=O) groups excluding carboxylic acids is 2. The summed E-state index contributed by atoms with van der Waals surface area (Å²) in [5, 5.41) is 0. The van der Waals surface area contributed by atoms with Crippen molar-refractivity contribution in [3.63, 3.8) is 0 Å². The molecule has 0 atom stereocenters. The predicted molar refractivity (Wildman–Crippen MR) is 79.4 cm³/mol. The molecule has 0 aliphatic rings. The topological polar surface area (TPSA) is 43.4 Å². The van der Waals surface area contributed by atoms with Crippen LogP contribution in [-0.4, -0.2) is 18.9 Å². The third kappa shape index (κ3) is 3.14. The van der Waals surface area contributed by atoms with Gasteiger partial charge in [0.15, 0.2) is 0 Å². The number of ketones is 1. The Kier molecular flexibility index (Phi) is 4.35. The number of hydrogen-bond donors (Lipinski definition) is 0. The van der Waals surface area contributed by atoms with Crippen LogP contribution in [-0.2, 0) is 16.0 Å². The monoisotopic (exact) mass is 288 g/mol. The van der Waals surface area contributed by atoms with Gasteiger partial charge in [0.1, 0.15) is 0 Å². The highest BCUT2D eigenvalue weighted by atomic mass is 32.1. The van der Waals surface area contributed by atoms with Crippen LogP contribution in [0.4, 0.5) is 0 Å². The number of thiophene rings is 1. The first kappa shape index (κ1) is 14.5. The molecule has 2 rings (SSSR count). The lowest BCUT2D eigenvalue weighted by Gasteiger charge is -2.03. The average Bonchev–Trinajstić information content (AvgIpc) is 2.89. The zero-order valence-electron chi connectivity index (χ0n) is 11.7. The minimum atomic E-state index is -0.294. The second-order valence-electron chi connectivity index (χ2n) is 4.65. The van der Waals surface area contributed by atoms with Crippen molar-refractivity contribution in [2.45, 2.75) is 20.3 Å². The van der Waals surface area contributed by atoms with Crippen LogP contribution in [0.25, 0.3) is 0 Å². The van der Waals surface area contributed by atoms with Crippen LogP contribution in [0.2, 0.25) is 0 Å². The molecule has 1 aromatic heterocycles. The van der Waals surface area contributed by atoms with E-state index < -0.39 is 0 Å². The van der Waals surface area contributed by atoms with Gasteiger partial charge in [-0.3, -0.25) is 9.59 Å². The SMILES string of the molecule is COC(=O)Cc1ccc(C(=O)c2ccc(C)c(C)c2)s1. The van der Waals surface area contributed by atoms with Crippen molar-refractivity contribution in [1.29, 1.82) is 0 Å². The lowest BCUT2D eigenvalue weighted by molar-refractivity contribution is -0.139. The van der Waals surface area contributed by atoms with E-state index in [1.165, 1.54) is 24.0 Å². The molecule has 0 bridgehead atoms. The summed E-state index contributed by atoms with van der Waals surface area (Å²) in [6.07, 6.45) is 0.210. The lowest BCUT2D eigenvalue weighted by Crippen LogP contribution is -2.02. The first-order chi connectivity index (χ1) is 9.51. The predicted octanol–water partition coefficient (Wildman–Crippen LogP) is 3.31. The first-order valence-electron chi connectivity index (χ1n) is 6.28. The van der Waals surface area contributed by atoms with Crippen LogP contribution in [0.5, 0.6) is 0 Å². The largest absolute Gasteiger partial charge is 0.469 e. The Morgan fingerprint density at radius 3 is 2.50 bits per heavy atom. The molecule has 0 spiro atoms. The maximum atomic E-state index is 12.4. The van der Waals surface area contributed by atoms with Gasteiger partial charge in [-0.05, 0) is 43.2 Å². The summed E-state index contributed by atoms with van der Waals surface area (Å²) in [5.74, 6) is -0.300. The van der Waals surface area contributed by atoms with Crippen LogP contribution in [0.15, 0.2) is 30.3 Å². The summed E-state index contributed by atoms with van der Waals surface area (Å²) in [5.41, 5.74) is 2.95. The molecule has 0 saturated carbocycles. The van der Waals surface area contributed by atoms with Crippen molar-refractivity contribution >= 4 is 23.1 Å². The number of rotatable bonds is 4. The molecule has 0 amide bonds. The third-order valence-electron chi connectivity index (χ3n) is 3.20.